The Balaban J connectivity index is 1.48. The van der Waals surface area contributed by atoms with Gasteiger partial charge in [-0.3, -0.25) is 19.8 Å². The van der Waals surface area contributed by atoms with E-state index in [-0.39, 0.29) is 11.7 Å². The van der Waals surface area contributed by atoms with Crippen molar-refractivity contribution in [1.29, 1.82) is 0 Å². The molecule has 11 heteroatoms. The highest BCUT2D eigenvalue weighted by atomic mass is 32.2. The van der Waals surface area contributed by atoms with E-state index in [1.807, 2.05) is 77.9 Å². The molecule has 36 heavy (non-hydrogen) atoms. The molecule has 178 valence electrons. The van der Waals surface area contributed by atoms with E-state index in [1.165, 1.54) is 23.1 Å². The fourth-order valence-corrected chi connectivity index (χ4v) is 5.59. The zero-order valence-electron chi connectivity index (χ0n) is 19.0. The molecule has 3 aliphatic heterocycles. The lowest BCUT2D eigenvalue weighted by molar-refractivity contribution is -0.119. The minimum Gasteiger partial charge on any atom is -0.311 e. The van der Waals surface area contributed by atoms with Gasteiger partial charge in [-0.2, -0.15) is 10.1 Å². The minimum atomic E-state index is -0.648. The first-order valence-electron chi connectivity index (χ1n) is 11.1. The van der Waals surface area contributed by atoms with Gasteiger partial charge in [-0.25, -0.2) is 14.7 Å². The zero-order valence-corrected chi connectivity index (χ0v) is 19.8. The maximum absolute atomic E-state index is 13.6. The summed E-state index contributed by atoms with van der Waals surface area (Å²) in [5, 5.41) is 8.47. The van der Waals surface area contributed by atoms with Gasteiger partial charge in [-0.05, 0) is 30.0 Å². The number of rotatable bonds is 5. The summed E-state index contributed by atoms with van der Waals surface area (Å²) in [6.45, 7) is 1.82. The number of carbonyl (C=O) groups excluding carboxylic acids is 2. The molecule has 1 N–H and O–H groups in total. The highest BCUT2D eigenvalue weighted by molar-refractivity contribution is 8.16. The van der Waals surface area contributed by atoms with Crippen LogP contribution in [0.3, 0.4) is 0 Å². The van der Waals surface area contributed by atoms with E-state index in [9.17, 15) is 14.4 Å². The summed E-state index contributed by atoms with van der Waals surface area (Å²) in [5.41, 5.74) is 5.03. The summed E-state index contributed by atoms with van der Waals surface area (Å²) >= 11 is 1.37. The third kappa shape index (κ3) is 3.35. The van der Waals surface area contributed by atoms with E-state index < -0.39 is 17.5 Å². The van der Waals surface area contributed by atoms with Crippen molar-refractivity contribution >= 4 is 46.5 Å². The van der Waals surface area contributed by atoms with Crippen LogP contribution >= 0.6 is 11.8 Å². The van der Waals surface area contributed by atoms with Gasteiger partial charge < -0.3 is 4.90 Å². The van der Waals surface area contributed by atoms with Crippen LogP contribution in [0.2, 0.25) is 0 Å². The number of anilines is 1. The summed E-state index contributed by atoms with van der Waals surface area (Å²) in [4.78, 5) is 49.0. The van der Waals surface area contributed by atoms with Crippen molar-refractivity contribution < 1.29 is 9.59 Å². The standard InChI is InChI=1S/C25H19N7O3S/c1-15-19(24(35)32(29-15)17-10-6-3-7-11-17)18-12-36-25-28-22-20(23(34)30(13-26-22)27-14-33)21(31(18)25)16-8-4-2-5-9-16/h2-14,19,21H,1H3,(H,27,33). The number of aromatic nitrogens is 2. The van der Waals surface area contributed by atoms with Crippen LogP contribution in [0.1, 0.15) is 24.1 Å². The Kier molecular flexibility index (Phi) is 5.26. The molecular weight excluding hydrogens is 478 g/mol. The number of thioether (sulfide) groups is 1. The molecule has 0 fully saturated rings. The SMILES string of the molecule is CC1=NN(c2ccccc2)C(=O)C1C1=CSC2=Nc3ncn(NC=O)c(=O)c3C(c3ccccc3)N12. The summed E-state index contributed by atoms with van der Waals surface area (Å²) in [7, 11) is 0. The van der Waals surface area contributed by atoms with Crippen LogP contribution < -0.4 is 16.0 Å². The molecular formula is C25H19N7O3S. The number of amidine groups is 1. The average Bonchev–Trinajstić information content (AvgIpc) is 3.45. The van der Waals surface area contributed by atoms with Gasteiger partial charge in [0.1, 0.15) is 12.2 Å². The number of carbonyl (C=O) groups is 2. The van der Waals surface area contributed by atoms with Crippen LogP contribution in [0.25, 0.3) is 0 Å². The lowest BCUT2D eigenvalue weighted by Gasteiger charge is -2.36. The molecule has 0 spiro atoms. The maximum atomic E-state index is 13.6. The van der Waals surface area contributed by atoms with Gasteiger partial charge in [-0.1, -0.05) is 60.3 Å². The van der Waals surface area contributed by atoms with Gasteiger partial charge in [0, 0.05) is 5.70 Å². The number of amides is 2. The fourth-order valence-electron chi connectivity index (χ4n) is 4.65. The van der Waals surface area contributed by atoms with E-state index in [1.54, 1.807) is 0 Å². The molecule has 2 unspecified atom stereocenters. The average molecular weight is 498 g/mol. The van der Waals surface area contributed by atoms with Crippen molar-refractivity contribution in [1.82, 2.24) is 14.6 Å². The van der Waals surface area contributed by atoms with Crippen molar-refractivity contribution in [2.24, 2.45) is 16.0 Å². The van der Waals surface area contributed by atoms with Crippen molar-refractivity contribution in [2.75, 3.05) is 10.4 Å². The van der Waals surface area contributed by atoms with Gasteiger partial charge in [0.2, 0.25) is 6.41 Å². The van der Waals surface area contributed by atoms with Crippen LogP contribution in [-0.4, -0.2) is 37.8 Å². The summed E-state index contributed by atoms with van der Waals surface area (Å²) < 4.78 is 1.03. The molecule has 2 amide bonds. The lowest BCUT2D eigenvalue weighted by atomic mass is 9.93. The summed E-state index contributed by atoms with van der Waals surface area (Å²) in [5.74, 6) is -0.555. The molecule has 1 aromatic heterocycles. The Morgan fingerprint density at radius 1 is 1.03 bits per heavy atom. The van der Waals surface area contributed by atoms with Gasteiger partial charge >= 0.3 is 0 Å². The first-order valence-corrected chi connectivity index (χ1v) is 12.0. The number of nitrogens with one attached hydrogen (secondary N) is 1. The third-order valence-electron chi connectivity index (χ3n) is 6.22. The highest BCUT2D eigenvalue weighted by Crippen LogP contribution is 2.47. The number of nitrogens with zero attached hydrogens (tertiary/aromatic N) is 6. The number of aliphatic imine (C=N–C) groups is 1. The molecule has 3 aliphatic rings. The monoisotopic (exact) mass is 497 g/mol. The Labute approximate surface area is 209 Å². The Hall–Kier alpha value is -4.51. The molecule has 0 saturated heterocycles. The highest BCUT2D eigenvalue weighted by Gasteiger charge is 2.47. The fraction of sp³-hybridized carbons (Fsp3) is 0.120. The van der Waals surface area contributed by atoms with Gasteiger partial charge in [0.15, 0.2) is 11.0 Å². The number of hydrogen-bond acceptors (Lipinski definition) is 8. The van der Waals surface area contributed by atoms with Crippen molar-refractivity contribution in [2.45, 2.75) is 13.0 Å². The summed E-state index contributed by atoms with van der Waals surface area (Å²) in [6.07, 6.45) is 1.65. The quantitative estimate of drug-likeness (QED) is 0.543. The molecule has 0 aliphatic carbocycles. The lowest BCUT2D eigenvalue weighted by Crippen LogP contribution is -2.43. The Morgan fingerprint density at radius 2 is 1.75 bits per heavy atom. The molecule has 0 radical (unpaired) electrons. The number of para-hydroxylation sites is 1. The smallest absolute Gasteiger partial charge is 0.280 e. The predicted octanol–water partition coefficient (Wildman–Crippen LogP) is 2.96. The van der Waals surface area contributed by atoms with Crippen molar-refractivity contribution in [3.05, 3.63) is 99.6 Å². The first-order chi connectivity index (χ1) is 17.6. The van der Waals surface area contributed by atoms with E-state index >= 15 is 0 Å². The van der Waals surface area contributed by atoms with Gasteiger partial charge in [0.25, 0.3) is 11.5 Å². The van der Waals surface area contributed by atoms with Crippen molar-refractivity contribution in [3.63, 3.8) is 0 Å². The largest absolute Gasteiger partial charge is 0.311 e. The van der Waals surface area contributed by atoms with Crippen LogP contribution in [-0.2, 0) is 9.59 Å². The number of hydrogen-bond donors (Lipinski definition) is 1. The molecule has 3 aromatic rings. The van der Waals surface area contributed by atoms with Crippen molar-refractivity contribution in [3.8, 4) is 0 Å². The zero-order chi connectivity index (χ0) is 24.8. The van der Waals surface area contributed by atoms with Crippen LogP contribution in [0.5, 0.6) is 0 Å². The van der Waals surface area contributed by atoms with Crippen LogP contribution in [0.4, 0.5) is 11.5 Å². The molecule has 0 bridgehead atoms. The second kappa shape index (κ2) is 8.61. The number of fused-ring (bicyclic) bond motifs is 2. The molecule has 2 aromatic carbocycles. The molecule has 10 nitrogen and oxygen atoms in total. The van der Waals surface area contributed by atoms with E-state index in [4.69, 9.17) is 0 Å². The molecule has 2 atom stereocenters. The molecule has 4 heterocycles. The molecule has 0 saturated carbocycles. The van der Waals surface area contributed by atoms with Crippen LogP contribution in [0, 0.1) is 5.92 Å². The normalized spacial score (nSPS) is 20.4. The predicted molar refractivity (Wildman–Crippen MR) is 137 cm³/mol. The van der Waals surface area contributed by atoms with E-state index in [2.05, 4.69) is 20.5 Å². The number of benzene rings is 2. The second-order valence-electron chi connectivity index (χ2n) is 8.30. The van der Waals surface area contributed by atoms with E-state index in [0.29, 0.717) is 34.2 Å². The second-order valence-corrected chi connectivity index (χ2v) is 9.14. The van der Waals surface area contributed by atoms with Crippen LogP contribution in [0.15, 0.2) is 93.0 Å². The Bertz CT molecular complexity index is 1530. The Morgan fingerprint density at radius 3 is 2.47 bits per heavy atom. The van der Waals surface area contributed by atoms with Gasteiger partial charge in [-0.15, -0.1) is 0 Å². The third-order valence-corrected chi connectivity index (χ3v) is 7.08. The van der Waals surface area contributed by atoms with E-state index in [0.717, 1.165) is 10.2 Å². The van der Waals surface area contributed by atoms with Gasteiger partial charge in [0.05, 0.1) is 23.0 Å². The number of hydrazone groups is 1. The first kappa shape index (κ1) is 22.0. The maximum Gasteiger partial charge on any atom is 0.280 e. The molecule has 6 rings (SSSR count). The summed E-state index contributed by atoms with van der Waals surface area (Å²) in [6, 6.07) is 18.1. The minimum absolute atomic E-state index is 0.185. The topological polar surface area (TPSA) is 112 Å².